The highest BCUT2D eigenvalue weighted by Crippen LogP contribution is 2.18. The van der Waals surface area contributed by atoms with Gasteiger partial charge < -0.3 is 10.5 Å². The minimum Gasteiger partial charge on any atom is -0.378 e. The van der Waals surface area contributed by atoms with Gasteiger partial charge in [-0.3, -0.25) is 4.90 Å². The van der Waals surface area contributed by atoms with Gasteiger partial charge in [0.1, 0.15) is 5.82 Å². The maximum atomic E-state index is 13.9. The van der Waals surface area contributed by atoms with Gasteiger partial charge >= 0.3 is 0 Å². The molecule has 1 saturated heterocycles. The first-order chi connectivity index (χ1) is 9.22. The van der Waals surface area contributed by atoms with Gasteiger partial charge in [0.2, 0.25) is 0 Å². The Bertz CT molecular complexity index is 403. The molecule has 1 aromatic carbocycles. The van der Waals surface area contributed by atoms with Crippen molar-refractivity contribution in [2.45, 2.75) is 39.0 Å². The first kappa shape index (κ1) is 14.4. The fraction of sp³-hybridized carbons (Fsp3) is 0.600. The van der Waals surface area contributed by atoms with E-state index in [1.54, 1.807) is 6.07 Å². The van der Waals surface area contributed by atoms with E-state index in [1.807, 2.05) is 19.1 Å². The lowest BCUT2D eigenvalue weighted by Crippen LogP contribution is -2.36. The minimum atomic E-state index is -0.144. The number of hydrogen-bond donors (Lipinski definition) is 1. The quantitative estimate of drug-likeness (QED) is 0.888. The van der Waals surface area contributed by atoms with E-state index >= 15 is 0 Å². The predicted octanol–water partition coefficient (Wildman–Crippen LogP) is 2.29. The van der Waals surface area contributed by atoms with E-state index in [0.717, 1.165) is 43.7 Å². The lowest BCUT2D eigenvalue weighted by Gasteiger charge is -2.31. The van der Waals surface area contributed by atoms with Crippen molar-refractivity contribution >= 4 is 0 Å². The molecule has 0 aromatic heterocycles. The number of rotatable bonds is 5. The van der Waals surface area contributed by atoms with Crippen molar-refractivity contribution in [3.63, 3.8) is 0 Å². The van der Waals surface area contributed by atoms with E-state index in [4.69, 9.17) is 10.5 Å². The zero-order valence-corrected chi connectivity index (χ0v) is 11.6. The fourth-order valence-electron chi connectivity index (χ4n) is 2.56. The first-order valence-electron chi connectivity index (χ1n) is 7.04. The Morgan fingerprint density at radius 3 is 2.68 bits per heavy atom. The molecule has 1 aromatic rings. The molecule has 0 saturated carbocycles. The van der Waals surface area contributed by atoms with Crippen LogP contribution in [0.5, 0.6) is 0 Å². The largest absolute Gasteiger partial charge is 0.378 e. The molecule has 1 aliphatic rings. The summed E-state index contributed by atoms with van der Waals surface area (Å²) in [7, 11) is 0. The van der Waals surface area contributed by atoms with Gasteiger partial charge in [-0.25, -0.2) is 4.39 Å². The van der Waals surface area contributed by atoms with Gasteiger partial charge in [-0.2, -0.15) is 0 Å². The number of ether oxygens (including phenoxy) is 1. The number of piperidine rings is 1. The van der Waals surface area contributed by atoms with Crippen molar-refractivity contribution in [2.75, 3.05) is 19.7 Å². The number of nitrogens with zero attached hydrogens (tertiary/aromatic N) is 1. The third kappa shape index (κ3) is 4.00. The van der Waals surface area contributed by atoms with Crippen molar-refractivity contribution in [3.05, 3.63) is 35.1 Å². The van der Waals surface area contributed by atoms with Gasteiger partial charge in [-0.05, 0) is 31.4 Å². The van der Waals surface area contributed by atoms with Gasteiger partial charge in [0.05, 0.1) is 6.10 Å². The summed E-state index contributed by atoms with van der Waals surface area (Å²) < 4.78 is 19.5. The molecule has 2 N–H and O–H groups in total. The summed E-state index contributed by atoms with van der Waals surface area (Å²) in [6.07, 6.45) is 2.46. The molecule has 3 nitrogen and oxygen atoms in total. The van der Waals surface area contributed by atoms with Crippen LogP contribution >= 0.6 is 0 Å². The molecule has 1 aliphatic heterocycles. The van der Waals surface area contributed by atoms with Gasteiger partial charge in [0, 0.05) is 38.3 Å². The summed E-state index contributed by atoms with van der Waals surface area (Å²) in [4.78, 5) is 2.29. The summed E-state index contributed by atoms with van der Waals surface area (Å²) >= 11 is 0. The topological polar surface area (TPSA) is 38.5 Å². The van der Waals surface area contributed by atoms with E-state index in [1.165, 1.54) is 0 Å². The lowest BCUT2D eigenvalue weighted by molar-refractivity contribution is 0.0123. The molecule has 19 heavy (non-hydrogen) atoms. The van der Waals surface area contributed by atoms with Crippen LogP contribution in [-0.2, 0) is 17.8 Å². The molecule has 0 aliphatic carbocycles. The molecule has 2 rings (SSSR count). The standard InChI is InChI=1S/C15H23FN2O/c1-2-19-14-5-7-18(8-6-14)11-13-4-3-12(10-17)9-15(13)16/h3-4,9,14H,2,5-8,10-11,17H2,1H3. The summed E-state index contributed by atoms with van der Waals surface area (Å²) in [5.41, 5.74) is 7.11. The molecule has 0 unspecified atom stereocenters. The Labute approximate surface area is 114 Å². The third-order valence-electron chi connectivity index (χ3n) is 3.68. The van der Waals surface area contributed by atoms with Crippen LogP contribution < -0.4 is 5.73 Å². The molecule has 0 amide bonds. The molecule has 4 heteroatoms. The number of hydrogen-bond acceptors (Lipinski definition) is 3. The van der Waals surface area contributed by atoms with Gasteiger partial charge in [-0.15, -0.1) is 0 Å². The summed E-state index contributed by atoms with van der Waals surface area (Å²) in [6, 6.07) is 5.31. The van der Waals surface area contributed by atoms with E-state index in [-0.39, 0.29) is 5.82 Å². The molecule has 1 heterocycles. The van der Waals surface area contributed by atoms with Crippen molar-refractivity contribution < 1.29 is 9.13 Å². The Morgan fingerprint density at radius 2 is 2.11 bits per heavy atom. The minimum absolute atomic E-state index is 0.144. The number of nitrogens with two attached hydrogens (primary N) is 1. The van der Waals surface area contributed by atoms with Crippen LogP contribution in [0.2, 0.25) is 0 Å². The molecule has 1 fully saturated rings. The van der Waals surface area contributed by atoms with E-state index < -0.39 is 0 Å². The molecular weight excluding hydrogens is 243 g/mol. The number of benzene rings is 1. The Kier molecular flexibility index (Phi) is 5.31. The first-order valence-corrected chi connectivity index (χ1v) is 7.04. The number of likely N-dealkylation sites (tertiary alicyclic amines) is 1. The van der Waals surface area contributed by atoms with E-state index in [9.17, 15) is 4.39 Å². The molecule has 0 bridgehead atoms. The molecule has 0 spiro atoms. The van der Waals surface area contributed by atoms with E-state index in [2.05, 4.69) is 4.90 Å². The lowest BCUT2D eigenvalue weighted by atomic mass is 10.1. The van der Waals surface area contributed by atoms with Crippen LogP contribution in [0.4, 0.5) is 4.39 Å². The maximum absolute atomic E-state index is 13.9. The highest BCUT2D eigenvalue weighted by Gasteiger charge is 2.20. The van der Waals surface area contributed by atoms with Crippen LogP contribution in [0, 0.1) is 5.82 Å². The van der Waals surface area contributed by atoms with Gasteiger partial charge in [0.25, 0.3) is 0 Å². The molecule has 0 atom stereocenters. The average molecular weight is 266 g/mol. The number of halogens is 1. The smallest absolute Gasteiger partial charge is 0.128 e. The molecule has 0 radical (unpaired) electrons. The Hall–Kier alpha value is -0.970. The summed E-state index contributed by atoms with van der Waals surface area (Å²) in [5.74, 6) is -0.144. The zero-order valence-electron chi connectivity index (χ0n) is 11.6. The zero-order chi connectivity index (χ0) is 13.7. The Balaban J connectivity index is 1.88. The van der Waals surface area contributed by atoms with Crippen molar-refractivity contribution in [1.82, 2.24) is 4.90 Å². The van der Waals surface area contributed by atoms with Crippen molar-refractivity contribution in [3.8, 4) is 0 Å². The van der Waals surface area contributed by atoms with Crippen LogP contribution in [0.1, 0.15) is 30.9 Å². The molecular formula is C15H23FN2O. The highest BCUT2D eigenvalue weighted by atomic mass is 19.1. The maximum Gasteiger partial charge on any atom is 0.128 e. The monoisotopic (exact) mass is 266 g/mol. The van der Waals surface area contributed by atoms with Crippen molar-refractivity contribution in [2.24, 2.45) is 5.73 Å². The predicted molar refractivity (Wildman–Crippen MR) is 74.2 cm³/mol. The SMILES string of the molecule is CCOC1CCN(Cc2ccc(CN)cc2F)CC1. The second-order valence-corrected chi connectivity index (χ2v) is 5.06. The third-order valence-corrected chi connectivity index (χ3v) is 3.68. The average Bonchev–Trinajstić information content (AvgIpc) is 2.43. The van der Waals surface area contributed by atoms with Crippen LogP contribution in [0.15, 0.2) is 18.2 Å². The molecule has 106 valence electrons. The van der Waals surface area contributed by atoms with Crippen LogP contribution in [0.3, 0.4) is 0 Å². The van der Waals surface area contributed by atoms with Crippen LogP contribution in [0.25, 0.3) is 0 Å². The summed E-state index contributed by atoms with van der Waals surface area (Å²) in [5, 5.41) is 0. The van der Waals surface area contributed by atoms with Crippen LogP contribution in [-0.4, -0.2) is 30.7 Å². The van der Waals surface area contributed by atoms with Gasteiger partial charge in [-0.1, -0.05) is 12.1 Å². The normalized spacial score (nSPS) is 17.8. The summed E-state index contributed by atoms with van der Waals surface area (Å²) in [6.45, 7) is 5.82. The van der Waals surface area contributed by atoms with E-state index in [0.29, 0.717) is 19.2 Å². The van der Waals surface area contributed by atoms with Gasteiger partial charge in [0.15, 0.2) is 0 Å². The second kappa shape index (κ2) is 6.98. The second-order valence-electron chi connectivity index (χ2n) is 5.06. The van der Waals surface area contributed by atoms with Crippen molar-refractivity contribution in [1.29, 1.82) is 0 Å². The Morgan fingerprint density at radius 1 is 1.37 bits per heavy atom. The fourth-order valence-corrected chi connectivity index (χ4v) is 2.56. The highest BCUT2D eigenvalue weighted by molar-refractivity contribution is 5.24.